The summed E-state index contributed by atoms with van der Waals surface area (Å²) in [6.45, 7) is 4.23. The smallest absolute Gasteiger partial charge is 0.296 e. The zero-order chi connectivity index (χ0) is 8.43. The molecular formula is C8H8BrClMg. The summed E-state index contributed by atoms with van der Waals surface area (Å²) in [5.74, 6) is 0. The molecule has 0 nitrogen and oxygen atoms in total. The predicted octanol–water partition coefficient (Wildman–Crippen LogP) is 2.60. The van der Waals surface area contributed by atoms with E-state index in [1.54, 1.807) is 0 Å². The van der Waals surface area contributed by atoms with Crippen molar-refractivity contribution in [1.29, 1.82) is 0 Å². The molecule has 1 aromatic carbocycles. The van der Waals surface area contributed by atoms with E-state index in [1.807, 2.05) is 12.1 Å². The molecule has 1 aromatic rings. The molecule has 0 fully saturated rings. The fourth-order valence-corrected chi connectivity index (χ4v) is 4.76. The van der Waals surface area contributed by atoms with Crippen LogP contribution in [0.25, 0.3) is 0 Å². The third kappa shape index (κ3) is 2.34. The number of hydrogen-bond acceptors (Lipinski definition) is 0. The van der Waals surface area contributed by atoms with Crippen molar-refractivity contribution in [2.24, 2.45) is 0 Å². The van der Waals surface area contributed by atoms with Crippen LogP contribution in [0, 0.1) is 13.8 Å². The molecule has 1 rings (SSSR count). The van der Waals surface area contributed by atoms with Crippen LogP contribution in [0.5, 0.6) is 0 Å². The fraction of sp³-hybridized carbons (Fsp3) is 0.250. The van der Waals surface area contributed by atoms with Crippen LogP contribution in [-0.2, 0) is 0 Å². The molecule has 56 valence electrons. The molecule has 0 aromatic heterocycles. The summed E-state index contributed by atoms with van der Waals surface area (Å²) in [6.07, 6.45) is 0. The van der Waals surface area contributed by atoms with Crippen molar-refractivity contribution in [2.45, 2.75) is 13.8 Å². The lowest BCUT2D eigenvalue weighted by Gasteiger charge is -2.06. The van der Waals surface area contributed by atoms with Gasteiger partial charge >= 0.3 is 18.2 Å². The number of halogens is 2. The van der Waals surface area contributed by atoms with Gasteiger partial charge in [0.15, 0.2) is 0 Å². The van der Waals surface area contributed by atoms with Crippen LogP contribution in [0.3, 0.4) is 0 Å². The Morgan fingerprint density at radius 2 is 1.73 bits per heavy atom. The normalized spacial score (nSPS) is 9.45. The van der Waals surface area contributed by atoms with Crippen LogP contribution in [0.4, 0.5) is 0 Å². The molecule has 0 saturated carbocycles. The van der Waals surface area contributed by atoms with Crippen LogP contribution in [-0.4, -0.2) is 18.2 Å². The minimum absolute atomic E-state index is 0.229. The van der Waals surface area contributed by atoms with Gasteiger partial charge in [-0.05, 0) is 26.0 Å². The second kappa shape index (κ2) is 4.12. The highest BCUT2D eigenvalue weighted by Gasteiger charge is 2.03. The van der Waals surface area contributed by atoms with Crippen LogP contribution < -0.4 is 3.69 Å². The van der Waals surface area contributed by atoms with Gasteiger partial charge in [0.2, 0.25) is 0 Å². The Balaban J connectivity index is 3.25. The Labute approximate surface area is 87.9 Å². The molecule has 0 saturated heterocycles. The largest absolute Gasteiger partial charge is 0.507 e. The van der Waals surface area contributed by atoms with Gasteiger partial charge in [-0.15, -0.1) is 3.69 Å². The van der Waals surface area contributed by atoms with Gasteiger partial charge < -0.3 is 0 Å². The molecule has 0 N–H and O–H groups in total. The van der Waals surface area contributed by atoms with E-state index >= 15 is 0 Å². The number of hydrogen-bond donors (Lipinski definition) is 0. The molecule has 3 heteroatoms. The molecule has 0 unspecified atom stereocenters. The molecule has 0 aliphatic carbocycles. The van der Waals surface area contributed by atoms with Crippen molar-refractivity contribution in [3.05, 3.63) is 28.3 Å². The first kappa shape index (κ1) is 9.84. The maximum Gasteiger partial charge on any atom is 0.507 e. The first-order chi connectivity index (χ1) is 5.15. The molecule has 0 aliphatic rings. The third-order valence-electron chi connectivity index (χ3n) is 1.79. The summed E-state index contributed by atoms with van der Waals surface area (Å²) in [6, 6.07) is 4.05. The lowest BCUT2D eigenvalue weighted by molar-refractivity contribution is 1.43. The number of benzene rings is 1. The van der Waals surface area contributed by atoms with Gasteiger partial charge in [0.25, 0.3) is 0 Å². The van der Waals surface area contributed by atoms with Gasteiger partial charge in [0, 0.05) is 5.02 Å². The van der Waals surface area contributed by atoms with Gasteiger partial charge in [0.05, 0.1) is 0 Å². The Hall–Kier alpha value is 0.756. The van der Waals surface area contributed by atoms with Crippen molar-refractivity contribution < 1.29 is 0 Å². The summed E-state index contributed by atoms with van der Waals surface area (Å²) >= 11 is 9.23. The van der Waals surface area contributed by atoms with Gasteiger partial charge in [-0.3, -0.25) is 12.9 Å². The standard InChI is InChI=1S/C8H8Cl.BrH.Mg/c1-6-3-7(2)5-8(9)4-6;;/h4-5H,1-2H3;1H;/q;;+1/p-1. The molecule has 0 aliphatic heterocycles. The van der Waals surface area contributed by atoms with Crippen LogP contribution in [0.15, 0.2) is 12.1 Å². The first-order valence-electron chi connectivity index (χ1n) is 3.46. The van der Waals surface area contributed by atoms with E-state index < -0.39 is 0 Å². The number of aryl methyl sites for hydroxylation is 2. The van der Waals surface area contributed by atoms with Crippen LogP contribution in [0.1, 0.15) is 11.1 Å². The van der Waals surface area contributed by atoms with Crippen molar-refractivity contribution in [2.75, 3.05) is 0 Å². The minimum atomic E-state index is -0.229. The van der Waals surface area contributed by atoms with E-state index in [1.165, 1.54) is 14.8 Å². The zero-order valence-electron chi connectivity index (χ0n) is 6.62. The highest BCUT2D eigenvalue weighted by Crippen LogP contribution is 2.12. The van der Waals surface area contributed by atoms with Gasteiger partial charge in [-0.25, -0.2) is 0 Å². The van der Waals surface area contributed by atoms with Gasteiger partial charge in [-0.2, -0.15) is 0 Å². The maximum absolute atomic E-state index is 5.88. The molecular weight excluding hydrogens is 236 g/mol. The van der Waals surface area contributed by atoms with E-state index in [4.69, 9.17) is 11.6 Å². The lowest BCUT2D eigenvalue weighted by atomic mass is 10.1. The van der Waals surface area contributed by atoms with E-state index in [9.17, 15) is 0 Å². The highest BCUT2D eigenvalue weighted by molar-refractivity contribution is 9.23. The van der Waals surface area contributed by atoms with E-state index in [2.05, 4.69) is 26.7 Å². The van der Waals surface area contributed by atoms with Crippen molar-refractivity contribution in [3.8, 4) is 0 Å². The molecule has 0 heterocycles. The summed E-state index contributed by atoms with van der Waals surface area (Å²) in [7, 11) is 0. The van der Waals surface area contributed by atoms with Crippen LogP contribution >= 0.6 is 24.5 Å². The average Bonchev–Trinajstić information content (AvgIpc) is 1.85. The summed E-state index contributed by atoms with van der Waals surface area (Å²) in [5.41, 5.74) is 2.64. The predicted molar refractivity (Wildman–Crippen MR) is 55.2 cm³/mol. The van der Waals surface area contributed by atoms with Crippen molar-refractivity contribution in [3.63, 3.8) is 0 Å². The molecule has 0 amide bonds. The maximum atomic E-state index is 5.88. The Bertz CT molecular complexity index is 250. The van der Waals surface area contributed by atoms with Crippen molar-refractivity contribution in [1.82, 2.24) is 0 Å². The Morgan fingerprint density at radius 1 is 1.27 bits per heavy atom. The summed E-state index contributed by atoms with van der Waals surface area (Å²) < 4.78 is 1.48. The summed E-state index contributed by atoms with van der Waals surface area (Å²) in [5, 5.41) is 0.846. The summed E-state index contributed by atoms with van der Waals surface area (Å²) in [4.78, 5) is 0. The Morgan fingerprint density at radius 3 is 2.09 bits per heavy atom. The zero-order valence-corrected chi connectivity index (χ0v) is 10.4. The lowest BCUT2D eigenvalue weighted by Crippen LogP contribution is -2.16. The molecule has 0 atom stereocenters. The van der Waals surface area contributed by atoms with E-state index in [-0.39, 0.29) is 18.2 Å². The SMILES string of the molecule is Cc1cc(Cl)cc(C)[c]1[Mg][Br]. The molecule has 11 heavy (non-hydrogen) atoms. The molecule has 0 radical (unpaired) electrons. The third-order valence-corrected chi connectivity index (χ3v) is 5.08. The van der Waals surface area contributed by atoms with Gasteiger partial charge in [0.1, 0.15) is 0 Å². The first-order valence-corrected chi connectivity index (χ1v) is 8.45. The fourth-order valence-electron chi connectivity index (χ4n) is 1.15. The monoisotopic (exact) mass is 242 g/mol. The Kier molecular flexibility index (Phi) is 3.69. The number of rotatable bonds is 1. The minimum Gasteiger partial charge on any atom is -0.296 e. The van der Waals surface area contributed by atoms with E-state index in [0.717, 1.165) is 5.02 Å². The molecule has 0 spiro atoms. The topological polar surface area (TPSA) is 0 Å². The van der Waals surface area contributed by atoms with E-state index in [0.29, 0.717) is 0 Å². The average molecular weight is 244 g/mol. The quantitative estimate of drug-likeness (QED) is 0.666. The second-order valence-electron chi connectivity index (χ2n) is 2.65. The van der Waals surface area contributed by atoms with Gasteiger partial charge in [-0.1, -0.05) is 22.7 Å². The second-order valence-corrected chi connectivity index (χ2v) is 5.74. The highest BCUT2D eigenvalue weighted by atomic mass is 79.9. The molecule has 0 bridgehead atoms. The van der Waals surface area contributed by atoms with Crippen molar-refractivity contribution >= 4 is 46.4 Å². The van der Waals surface area contributed by atoms with Crippen LogP contribution in [0.2, 0.25) is 5.02 Å².